The topological polar surface area (TPSA) is 159 Å². The van der Waals surface area contributed by atoms with E-state index in [1.807, 2.05) is 0 Å². The number of hydrogen-bond acceptors (Lipinski definition) is 7. The van der Waals surface area contributed by atoms with E-state index in [1.54, 1.807) is 30.3 Å². The number of alkyl halides is 1. The molecule has 4 atom stereocenters. The number of aromatic nitrogens is 1. The number of ether oxygens (including phenoxy) is 1. The minimum atomic E-state index is -1.46. The lowest BCUT2D eigenvalue weighted by Crippen LogP contribution is -2.50. The third-order valence-corrected chi connectivity index (χ3v) is 6.19. The molecule has 182 valence electrons. The third-order valence-electron chi connectivity index (χ3n) is 6.19. The molecule has 4 N–H and O–H groups in total. The number of anilines is 1. The standard InChI is InChI=1S/C24H24FN5O5/c25-18-11-30(22(32)12-31)6-4-20(18)35-19-2-1-13(7-15(19)10-26)14-3-5-28-21(8-14)29-24(34)17-9-16(17)23(27)33/h1-3,5,7-8,16-18,20,31H,4,6,9,11-12H2,(H2,27,33)(H,28,29,34)/t16-,17?,18+,20-/m0/s1. The van der Waals surface area contributed by atoms with Gasteiger partial charge in [0.2, 0.25) is 17.7 Å². The van der Waals surface area contributed by atoms with Crippen molar-refractivity contribution < 1.29 is 28.6 Å². The van der Waals surface area contributed by atoms with Crippen molar-refractivity contribution in [3.63, 3.8) is 0 Å². The van der Waals surface area contributed by atoms with E-state index in [4.69, 9.17) is 15.6 Å². The van der Waals surface area contributed by atoms with Crippen LogP contribution in [0.4, 0.5) is 10.2 Å². The summed E-state index contributed by atoms with van der Waals surface area (Å²) in [6, 6.07) is 10.3. The number of nitrogens with one attached hydrogen (secondary N) is 1. The van der Waals surface area contributed by atoms with Crippen LogP contribution in [-0.2, 0) is 14.4 Å². The Morgan fingerprint density at radius 1 is 1.26 bits per heavy atom. The summed E-state index contributed by atoms with van der Waals surface area (Å²) in [5, 5.41) is 21.3. The molecule has 1 unspecified atom stereocenters. The fraction of sp³-hybridized carbons (Fsp3) is 0.375. The van der Waals surface area contributed by atoms with E-state index in [0.29, 0.717) is 23.4 Å². The van der Waals surface area contributed by atoms with Crippen LogP contribution in [-0.4, -0.2) is 64.7 Å². The van der Waals surface area contributed by atoms with Crippen LogP contribution in [0.3, 0.4) is 0 Å². The van der Waals surface area contributed by atoms with E-state index in [1.165, 1.54) is 11.1 Å². The number of piperidine rings is 1. The van der Waals surface area contributed by atoms with Crippen LogP contribution in [0, 0.1) is 23.2 Å². The molecule has 0 spiro atoms. The SMILES string of the molecule is N#Cc1cc(-c2ccnc(NC(=O)C3C[C@@H]3C(N)=O)c2)ccc1O[C@H]1CCN(C(=O)CO)C[C@H]1F. The second-order valence-electron chi connectivity index (χ2n) is 8.55. The highest BCUT2D eigenvalue weighted by molar-refractivity contribution is 5.99. The van der Waals surface area contributed by atoms with Crippen molar-refractivity contribution in [2.45, 2.75) is 25.1 Å². The second-order valence-corrected chi connectivity index (χ2v) is 8.55. The lowest BCUT2D eigenvalue weighted by atomic mass is 10.0. The fourth-order valence-electron chi connectivity index (χ4n) is 4.10. The van der Waals surface area contributed by atoms with Gasteiger partial charge >= 0.3 is 0 Å². The zero-order valence-electron chi connectivity index (χ0n) is 18.7. The number of amides is 3. The van der Waals surface area contributed by atoms with Crippen LogP contribution in [0.25, 0.3) is 11.1 Å². The molecule has 0 radical (unpaired) electrons. The number of likely N-dealkylation sites (tertiary alicyclic amines) is 1. The first-order valence-corrected chi connectivity index (χ1v) is 11.1. The predicted molar refractivity (Wildman–Crippen MR) is 121 cm³/mol. The number of nitrogens with zero attached hydrogens (tertiary/aromatic N) is 3. The zero-order chi connectivity index (χ0) is 25.1. The maximum Gasteiger partial charge on any atom is 0.248 e. The van der Waals surface area contributed by atoms with Gasteiger partial charge in [-0.2, -0.15) is 5.26 Å². The van der Waals surface area contributed by atoms with Gasteiger partial charge in [-0.25, -0.2) is 9.37 Å². The molecular formula is C24H24FN5O5. The van der Waals surface area contributed by atoms with Gasteiger partial charge in [-0.3, -0.25) is 14.4 Å². The third kappa shape index (κ3) is 5.38. The quantitative estimate of drug-likeness (QED) is 0.532. The second kappa shape index (κ2) is 10.1. The van der Waals surface area contributed by atoms with Gasteiger partial charge in [-0.1, -0.05) is 6.07 Å². The summed E-state index contributed by atoms with van der Waals surface area (Å²) >= 11 is 0. The van der Waals surface area contributed by atoms with E-state index in [2.05, 4.69) is 16.4 Å². The molecule has 2 aromatic rings. The molecule has 35 heavy (non-hydrogen) atoms. The number of nitrogens with two attached hydrogens (primary N) is 1. The smallest absolute Gasteiger partial charge is 0.248 e. The van der Waals surface area contributed by atoms with Crippen molar-refractivity contribution in [2.24, 2.45) is 17.6 Å². The highest BCUT2D eigenvalue weighted by Gasteiger charge is 2.47. The van der Waals surface area contributed by atoms with E-state index in [-0.39, 0.29) is 36.7 Å². The summed E-state index contributed by atoms with van der Waals surface area (Å²) in [6.07, 6.45) is -0.133. The summed E-state index contributed by atoms with van der Waals surface area (Å²) in [5.41, 5.74) is 6.78. The van der Waals surface area contributed by atoms with Crippen molar-refractivity contribution >= 4 is 23.5 Å². The van der Waals surface area contributed by atoms with Crippen LogP contribution in [0.15, 0.2) is 36.5 Å². The Labute approximate surface area is 200 Å². The molecule has 0 bridgehead atoms. The van der Waals surface area contributed by atoms with E-state index in [9.17, 15) is 24.0 Å². The lowest BCUT2D eigenvalue weighted by Gasteiger charge is -2.34. The first kappa shape index (κ1) is 24.1. The fourth-order valence-corrected chi connectivity index (χ4v) is 4.10. The Hall–Kier alpha value is -4.04. The molecule has 2 heterocycles. The minimum absolute atomic E-state index is 0.184. The molecule has 2 fully saturated rings. The van der Waals surface area contributed by atoms with Gasteiger partial charge < -0.3 is 25.8 Å². The number of nitriles is 1. The molecule has 1 aliphatic carbocycles. The number of carbonyl (C=O) groups excluding carboxylic acids is 3. The number of hydrogen-bond donors (Lipinski definition) is 3. The number of benzene rings is 1. The van der Waals surface area contributed by atoms with Gasteiger partial charge in [0.05, 0.1) is 23.9 Å². The minimum Gasteiger partial charge on any atom is -0.486 e. The van der Waals surface area contributed by atoms with Gasteiger partial charge in [0.1, 0.15) is 30.3 Å². The van der Waals surface area contributed by atoms with Gasteiger partial charge in [-0.15, -0.1) is 0 Å². The van der Waals surface area contributed by atoms with Crippen LogP contribution >= 0.6 is 0 Å². The number of pyridine rings is 1. The van der Waals surface area contributed by atoms with Crippen LogP contribution in [0.5, 0.6) is 5.75 Å². The number of carbonyl (C=O) groups is 3. The van der Waals surface area contributed by atoms with E-state index in [0.717, 1.165) is 0 Å². The largest absolute Gasteiger partial charge is 0.486 e. The summed E-state index contributed by atoms with van der Waals surface area (Å²) < 4.78 is 20.4. The summed E-state index contributed by atoms with van der Waals surface area (Å²) in [5.74, 6) is -1.74. The predicted octanol–water partition coefficient (Wildman–Crippen LogP) is 0.990. The number of halogens is 1. The van der Waals surface area contributed by atoms with Crippen LogP contribution in [0.2, 0.25) is 0 Å². The molecule has 1 saturated carbocycles. The van der Waals surface area contributed by atoms with Crippen molar-refractivity contribution in [3.05, 3.63) is 42.1 Å². The average Bonchev–Trinajstić information content (AvgIpc) is 3.67. The Bertz CT molecular complexity index is 1200. The zero-order valence-corrected chi connectivity index (χ0v) is 18.7. The maximum absolute atomic E-state index is 14.6. The Morgan fingerprint density at radius 3 is 2.69 bits per heavy atom. The van der Waals surface area contributed by atoms with Crippen molar-refractivity contribution in [1.29, 1.82) is 5.26 Å². The van der Waals surface area contributed by atoms with Gasteiger partial charge in [0.25, 0.3) is 0 Å². The molecule has 2 aliphatic rings. The first-order valence-electron chi connectivity index (χ1n) is 11.1. The highest BCUT2D eigenvalue weighted by atomic mass is 19.1. The maximum atomic E-state index is 14.6. The lowest BCUT2D eigenvalue weighted by molar-refractivity contribution is -0.138. The number of aliphatic hydroxyl groups excluding tert-OH is 1. The summed E-state index contributed by atoms with van der Waals surface area (Å²) in [6.45, 7) is -0.610. The Balaban J connectivity index is 1.45. The molecule has 3 amide bonds. The number of primary amides is 1. The Kier molecular flexibility index (Phi) is 6.93. The van der Waals surface area contributed by atoms with Crippen LogP contribution in [0.1, 0.15) is 18.4 Å². The highest BCUT2D eigenvalue weighted by Crippen LogP contribution is 2.39. The van der Waals surface area contributed by atoms with Crippen molar-refractivity contribution in [2.75, 3.05) is 25.0 Å². The number of aliphatic hydroxyl groups is 1. The molecule has 4 rings (SSSR count). The summed E-state index contributed by atoms with van der Waals surface area (Å²) in [7, 11) is 0. The van der Waals surface area contributed by atoms with Crippen molar-refractivity contribution in [3.8, 4) is 22.9 Å². The molecule has 1 saturated heterocycles. The molecule has 1 aromatic carbocycles. The first-order chi connectivity index (χ1) is 16.8. The molecule has 11 heteroatoms. The molecule has 10 nitrogen and oxygen atoms in total. The van der Waals surface area contributed by atoms with E-state index >= 15 is 0 Å². The normalized spacial score (nSPS) is 23.2. The average molecular weight is 481 g/mol. The molecule has 1 aromatic heterocycles. The van der Waals surface area contributed by atoms with Gasteiger partial charge in [-0.05, 0) is 41.8 Å². The van der Waals surface area contributed by atoms with Gasteiger partial charge in [0, 0.05) is 19.2 Å². The van der Waals surface area contributed by atoms with E-state index < -0.39 is 42.5 Å². The van der Waals surface area contributed by atoms with Gasteiger partial charge in [0.15, 0.2) is 6.17 Å². The monoisotopic (exact) mass is 481 g/mol. The molecular weight excluding hydrogens is 457 g/mol. The number of rotatable bonds is 7. The summed E-state index contributed by atoms with van der Waals surface area (Å²) in [4.78, 5) is 40.5. The van der Waals surface area contributed by atoms with Crippen molar-refractivity contribution in [1.82, 2.24) is 9.88 Å². The Morgan fingerprint density at radius 2 is 2.03 bits per heavy atom. The molecule has 1 aliphatic heterocycles. The van der Waals surface area contributed by atoms with Crippen LogP contribution < -0.4 is 15.8 Å².